The molecule has 5 N–H and O–H groups in total. The summed E-state index contributed by atoms with van der Waals surface area (Å²) in [4.78, 5) is 0.936. The number of hydrogen-bond acceptors (Lipinski definition) is 3. The Bertz CT molecular complexity index is 364. The molecule has 0 spiro atoms. The summed E-state index contributed by atoms with van der Waals surface area (Å²) in [6.45, 7) is 1.88. The normalized spacial score (nSPS) is 11.6. The molecule has 72 valence electrons. The van der Waals surface area contributed by atoms with Crippen LogP contribution < -0.4 is 11.0 Å². The van der Waals surface area contributed by atoms with Crippen molar-refractivity contribution in [1.29, 1.82) is 0 Å². The number of phenols is 1. The molecule has 0 saturated heterocycles. The van der Waals surface area contributed by atoms with Gasteiger partial charge in [-0.3, -0.25) is 11.0 Å². The zero-order chi connectivity index (χ0) is 10.1. The average Bonchev–Trinajstić information content (AvgIpc) is 1.93. The van der Waals surface area contributed by atoms with Crippen LogP contribution in [0, 0.1) is 6.92 Å². The van der Waals surface area contributed by atoms with Crippen LogP contribution in [0.1, 0.15) is 5.56 Å². The molecule has 0 saturated carbocycles. The number of hydrogen-bond donors (Lipinski definition) is 3. The van der Waals surface area contributed by atoms with Crippen LogP contribution in [-0.2, 0) is 11.8 Å². The smallest absolute Gasteiger partial charge is 0.126 e. The van der Waals surface area contributed by atoms with E-state index in [1.165, 1.54) is 11.4 Å². The molecule has 0 bridgehead atoms. The van der Waals surface area contributed by atoms with Crippen molar-refractivity contribution in [2.75, 3.05) is 0 Å². The van der Waals surface area contributed by atoms with Crippen LogP contribution in [-0.4, -0.2) is 5.11 Å². The summed E-state index contributed by atoms with van der Waals surface area (Å²) in [5, 5.41) is 9.15. The van der Waals surface area contributed by atoms with Crippen molar-refractivity contribution < 1.29 is 5.11 Å². The molecule has 1 aromatic carbocycles. The van der Waals surface area contributed by atoms with Crippen molar-refractivity contribution in [3.63, 3.8) is 0 Å². The third-order valence-corrected chi connectivity index (χ3v) is 4.46. The molecule has 0 aliphatic carbocycles. The quantitative estimate of drug-likeness (QED) is 0.682. The highest BCUT2D eigenvalue weighted by Crippen LogP contribution is 2.49. The van der Waals surface area contributed by atoms with Gasteiger partial charge in [0.25, 0.3) is 0 Å². The van der Waals surface area contributed by atoms with Gasteiger partial charge in [-0.2, -0.15) is 0 Å². The predicted molar refractivity (Wildman–Crippen MR) is 61.4 cm³/mol. The van der Waals surface area contributed by atoms with Crippen LogP contribution in [0.25, 0.3) is 0 Å². The van der Waals surface area contributed by atoms with Crippen molar-refractivity contribution in [2.24, 2.45) is 11.0 Å². The second kappa shape index (κ2) is 3.98. The fourth-order valence-electron chi connectivity index (χ4n) is 0.890. The number of phenolic OH excluding ortho intramolecular Hbond substituents is 1. The van der Waals surface area contributed by atoms with E-state index in [9.17, 15) is 0 Å². The summed E-state index contributed by atoms with van der Waals surface area (Å²) in [7, 11) is 0. The second-order valence-electron chi connectivity index (χ2n) is 2.69. The van der Waals surface area contributed by atoms with Gasteiger partial charge in [-0.05, 0) is 30.7 Å². The van der Waals surface area contributed by atoms with E-state index in [4.69, 9.17) is 27.9 Å². The molecule has 0 amide bonds. The molecule has 0 aliphatic rings. The number of rotatable bonds is 2. The first-order chi connectivity index (χ1) is 5.88. The van der Waals surface area contributed by atoms with Gasteiger partial charge < -0.3 is 5.11 Å². The predicted octanol–water partition coefficient (Wildman–Crippen LogP) is 1.93. The molecule has 6 heteroatoms. The van der Waals surface area contributed by atoms with E-state index >= 15 is 0 Å². The molecule has 0 radical (unpaired) electrons. The lowest BCUT2D eigenvalue weighted by atomic mass is 10.2. The molecular formula is C7H11N2OPS2. The Morgan fingerprint density at radius 1 is 1.46 bits per heavy atom. The van der Waals surface area contributed by atoms with Crippen LogP contribution in [0.2, 0.25) is 0 Å². The van der Waals surface area contributed by atoms with Crippen molar-refractivity contribution >= 4 is 28.7 Å². The van der Waals surface area contributed by atoms with E-state index in [1.54, 1.807) is 18.2 Å². The Balaban J connectivity index is 2.97. The van der Waals surface area contributed by atoms with Crippen LogP contribution in [0.15, 0.2) is 23.1 Å². The Morgan fingerprint density at radius 2 is 2.08 bits per heavy atom. The third-order valence-electron chi connectivity index (χ3n) is 1.40. The molecular weight excluding hydrogens is 223 g/mol. The highest BCUT2D eigenvalue weighted by Gasteiger charge is 2.08. The highest BCUT2D eigenvalue weighted by molar-refractivity contribution is 8.69. The fraction of sp³-hybridized carbons (Fsp3) is 0.143. The Kier molecular flexibility index (Phi) is 3.38. The summed E-state index contributed by atoms with van der Waals surface area (Å²) in [6.07, 6.45) is 0. The lowest BCUT2D eigenvalue weighted by molar-refractivity contribution is 0.474. The van der Waals surface area contributed by atoms with Gasteiger partial charge in [-0.1, -0.05) is 23.2 Å². The zero-order valence-electron chi connectivity index (χ0n) is 7.10. The molecule has 3 nitrogen and oxygen atoms in total. The topological polar surface area (TPSA) is 72.3 Å². The molecule has 13 heavy (non-hydrogen) atoms. The average molecular weight is 234 g/mol. The summed E-state index contributed by atoms with van der Waals surface area (Å²) in [5.41, 5.74) is 9.84. The van der Waals surface area contributed by atoms with E-state index in [0.717, 1.165) is 10.5 Å². The first kappa shape index (κ1) is 11.0. The van der Waals surface area contributed by atoms with Gasteiger partial charge in [0, 0.05) is 4.90 Å². The minimum Gasteiger partial charge on any atom is -0.508 e. The van der Waals surface area contributed by atoms with Gasteiger partial charge in [0.15, 0.2) is 0 Å². The maximum atomic E-state index is 9.15. The van der Waals surface area contributed by atoms with Gasteiger partial charge in [-0.25, -0.2) is 0 Å². The Labute approximate surface area is 86.4 Å². The largest absolute Gasteiger partial charge is 0.508 e. The van der Waals surface area contributed by atoms with Crippen LogP contribution in [0.5, 0.6) is 5.75 Å². The molecule has 0 heterocycles. The summed E-state index contributed by atoms with van der Waals surface area (Å²) >= 11 is 6.23. The summed E-state index contributed by atoms with van der Waals surface area (Å²) in [5.74, 6) is 0.240. The molecule has 1 aromatic rings. The molecule has 0 atom stereocenters. The number of aromatic hydroxyl groups is 1. The molecule has 0 aliphatic heterocycles. The maximum Gasteiger partial charge on any atom is 0.126 e. The standard InChI is InChI=1S/C7H11N2OPS2/c1-5-4-6(10)2-3-7(5)13-11(8,9)12/h2-4,10H,1H3,(H4,8,9,12). The first-order valence-electron chi connectivity index (χ1n) is 3.55. The first-order valence-corrected chi connectivity index (χ1v) is 7.91. The summed E-state index contributed by atoms with van der Waals surface area (Å²) in [6, 6.07) is 5.03. The Hall–Kier alpha value is -0.0600. The van der Waals surface area contributed by atoms with Gasteiger partial charge in [0.05, 0.1) is 0 Å². The monoisotopic (exact) mass is 234 g/mol. The lowest BCUT2D eigenvalue weighted by Gasteiger charge is -2.11. The lowest BCUT2D eigenvalue weighted by Crippen LogP contribution is -1.99. The van der Waals surface area contributed by atoms with Crippen LogP contribution >= 0.6 is 16.9 Å². The minimum atomic E-state index is -2.26. The molecule has 0 unspecified atom stereocenters. The van der Waals surface area contributed by atoms with E-state index in [-0.39, 0.29) is 5.75 Å². The highest BCUT2D eigenvalue weighted by atomic mass is 32.9. The van der Waals surface area contributed by atoms with Gasteiger partial charge in [0.1, 0.15) is 11.3 Å². The number of benzene rings is 1. The van der Waals surface area contributed by atoms with Gasteiger partial charge in [-0.15, -0.1) is 0 Å². The zero-order valence-corrected chi connectivity index (χ0v) is 9.63. The van der Waals surface area contributed by atoms with Crippen LogP contribution in [0.3, 0.4) is 0 Å². The fourth-order valence-corrected chi connectivity index (χ4v) is 3.79. The van der Waals surface area contributed by atoms with Crippen molar-refractivity contribution in [2.45, 2.75) is 11.8 Å². The maximum absolute atomic E-state index is 9.15. The van der Waals surface area contributed by atoms with Crippen molar-refractivity contribution in [3.8, 4) is 5.75 Å². The third kappa shape index (κ3) is 3.67. The second-order valence-corrected chi connectivity index (χ2v) is 9.47. The molecule has 0 aromatic heterocycles. The van der Waals surface area contributed by atoms with E-state index in [0.29, 0.717) is 0 Å². The van der Waals surface area contributed by atoms with Crippen molar-refractivity contribution in [1.82, 2.24) is 0 Å². The molecule has 1 rings (SSSR count). The van der Waals surface area contributed by atoms with Crippen molar-refractivity contribution in [3.05, 3.63) is 23.8 Å². The number of aryl methyl sites for hydroxylation is 1. The van der Waals surface area contributed by atoms with E-state index in [1.807, 2.05) is 6.92 Å². The Morgan fingerprint density at radius 3 is 2.54 bits per heavy atom. The SMILES string of the molecule is Cc1cc(O)ccc1SP(N)(N)=S. The van der Waals surface area contributed by atoms with E-state index < -0.39 is 5.54 Å². The number of nitrogens with two attached hydrogens (primary N) is 2. The van der Waals surface area contributed by atoms with E-state index in [2.05, 4.69) is 0 Å². The van der Waals surface area contributed by atoms with Gasteiger partial charge in [0.2, 0.25) is 0 Å². The minimum absolute atomic E-state index is 0.240. The van der Waals surface area contributed by atoms with Gasteiger partial charge >= 0.3 is 0 Å². The van der Waals surface area contributed by atoms with Crippen LogP contribution in [0.4, 0.5) is 0 Å². The molecule has 0 fully saturated rings. The summed E-state index contributed by atoms with van der Waals surface area (Å²) < 4.78 is 0.